The minimum Gasteiger partial charge on any atom is -0.493 e. The van der Waals surface area contributed by atoms with Crippen LogP contribution >= 0.6 is 11.6 Å². The number of benzene rings is 2. The first-order valence-electron chi connectivity index (χ1n) is 9.94. The van der Waals surface area contributed by atoms with Gasteiger partial charge in [0.15, 0.2) is 11.5 Å². The van der Waals surface area contributed by atoms with Gasteiger partial charge >= 0.3 is 0 Å². The van der Waals surface area contributed by atoms with E-state index in [4.69, 9.17) is 25.8 Å². The Hall–Kier alpha value is -3.45. The molecule has 0 aliphatic carbocycles. The zero-order valence-corrected chi connectivity index (χ0v) is 19.5. The van der Waals surface area contributed by atoms with E-state index in [2.05, 4.69) is 10.4 Å². The number of carbonyl (C=O) groups is 1. The molecule has 1 N–H and O–H groups in total. The number of nitrogens with one attached hydrogen (secondary N) is 1. The number of anilines is 1. The Kier molecular flexibility index (Phi) is 7.43. The molecule has 0 radical (unpaired) electrons. The third kappa shape index (κ3) is 5.06. The monoisotopic (exact) mass is 455 g/mol. The predicted octanol–water partition coefficient (Wildman–Crippen LogP) is 4.88. The van der Waals surface area contributed by atoms with Crippen molar-refractivity contribution >= 4 is 29.3 Å². The van der Waals surface area contributed by atoms with Crippen molar-refractivity contribution in [3.8, 4) is 17.2 Å². The number of nitrogens with zero attached hydrogens (tertiary/aromatic N) is 2. The number of aryl methyl sites for hydroxylation is 1. The van der Waals surface area contributed by atoms with Gasteiger partial charge in [0, 0.05) is 40.2 Å². The number of hydrogen-bond acceptors (Lipinski definition) is 5. The fraction of sp³-hybridized carbons (Fsp3) is 0.250. The summed E-state index contributed by atoms with van der Waals surface area (Å²) in [6, 6.07) is 11.0. The van der Waals surface area contributed by atoms with Gasteiger partial charge in [-0.05, 0) is 31.6 Å². The van der Waals surface area contributed by atoms with Crippen LogP contribution in [0.25, 0.3) is 6.08 Å². The first kappa shape index (κ1) is 23.2. The molecule has 2 aromatic carbocycles. The van der Waals surface area contributed by atoms with Gasteiger partial charge in [-0.1, -0.05) is 29.8 Å². The summed E-state index contributed by atoms with van der Waals surface area (Å²) >= 11 is 6.28. The Labute approximate surface area is 192 Å². The molecule has 32 heavy (non-hydrogen) atoms. The molecule has 3 rings (SSSR count). The normalized spacial score (nSPS) is 10.9. The average Bonchev–Trinajstić information content (AvgIpc) is 3.05. The Morgan fingerprint density at radius 2 is 1.75 bits per heavy atom. The highest BCUT2D eigenvalue weighted by molar-refractivity contribution is 6.31. The minimum absolute atomic E-state index is 0.295. The average molecular weight is 456 g/mol. The summed E-state index contributed by atoms with van der Waals surface area (Å²) in [6.07, 6.45) is 3.23. The second kappa shape index (κ2) is 10.2. The number of halogens is 1. The fourth-order valence-corrected chi connectivity index (χ4v) is 3.59. The zero-order valence-electron chi connectivity index (χ0n) is 18.7. The number of carbonyl (C=O) groups excluding carboxylic acids is 1. The summed E-state index contributed by atoms with van der Waals surface area (Å²) in [6.45, 7) is 4.43. The van der Waals surface area contributed by atoms with Crippen LogP contribution in [0.4, 0.5) is 5.69 Å². The van der Waals surface area contributed by atoms with E-state index in [1.54, 1.807) is 18.2 Å². The fourth-order valence-electron chi connectivity index (χ4n) is 3.39. The lowest BCUT2D eigenvalue weighted by Gasteiger charge is -2.14. The van der Waals surface area contributed by atoms with Gasteiger partial charge in [0.2, 0.25) is 11.7 Å². The smallest absolute Gasteiger partial charge is 0.248 e. The SMILES string of the molecule is COc1cc(NC(=O)/C=C/c2c(C)nn(Cc3ccccc3Cl)c2C)cc(OC)c1OC. The van der Waals surface area contributed by atoms with Crippen molar-refractivity contribution < 1.29 is 19.0 Å². The molecule has 1 aromatic heterocycles. The summed E-state index contributed by atoms with van der Waals surface area (Å²) in [5.41, 5.74) is 4.16. The topological polar surface area (TPSA) is 74.6 Å². The lowest BCUT2D eigenvalue weighted by atomic mass is 10.1. The highest BCUT2D eigenvalue weighted by Crippen LogP contribution is 2.39. The van der Waals surface area contributed by atoms with Crippen LogP contribution in [0.1, 0.15) is 22.5 Å². The highest BCUT2D eigenvalue weighted by Gasteiger charge is 2.15. The standard InChI is InChI=1S/C24H26ClN3O4/c1-15-19(16(2)28(27-15)14-17-8-6-7-9-20(17)25)10-11-23(29)26-18-12-21(30-3)24(32-5)22(13-18)31-4/h6-13H,14H2,1-5H3,(H,26,29)/b11-10+. The van der Waals surface area contributed by atoms with Crippen LogP contribution in [-0.4, -0.2) is 37.0 Å². The van der Waals surface area contributed by atoms with Gasteiger partial charge in [0.05, 0.1) is 33.6 Å². The van der Waals surface area contributed by atoms with E-state index in [9.17, 15) is 4.79 Å². The van der Waals surface area contributed by atoms with Crippen LogP contribution in [0, 0.1) is 13.8 Å². The Morgan fingerprint density at radius 3 is 2.34 bits per heavy atom. The molecule has 0 aliphatic rings. The molecule has 1 heterocycles. The third-order valence-corrected chi connectivity index (χ3v) is 5.42. The molecular formula is C24H26ClN3O4. The van der Waals surface area contributed by atoms with Crippen molar-refractivity contribution in [2.75, 3.05) is 26.6 Å². The molecule has 0 aliphatic heterocycles. The Bertz CT molecular complexity index is 1130. The molecule has 3 aromatic rings. The molecule has 1 amide bonds. The number of amides is 1. The number of hydrogen-bond donors (Lipinski definition) is 1. The van der Waals surface area contributed by atoms with Crippen molar-refractivity contribution in [1.29, 1.82) is 0 Å². The predicted molar refractivity (Wildman–Crippen MR) is 126 cm³/mol. The first-order chi connectivity index (χ1) is 15.4. The van der Waals surface area contributed by atoms with Crippen molar-refractivity contribution in [1.82, 2.24) is 9.78 Å². The van der Waals surface area contributed by atoms with E-state index in [0.717, 1.165) is 22.5 Å². The Balaban J connectivity index is 1.78. The maximum absolute atomic E-state index is 12.5. The summed E-state index contributed by atoms with van der Waals surface area (Å²) in [4.78, 5) is 12.5. The second-order valence-corrected chi connectivity index (χ2v) is 7.48. The molecule has 0 fully saturated rings. The van der Waals surface area contributed by atoms with Gasteiger partial charge in [0.25, 0.3) is 0 Å². The molecule has 0 spiro atoms. The maximum Gasteiger partial charge on any atom is 0.248 e. The number of aromatic nitrogens is 2. The molecule has 0 saturated carbocycles. The largest absolute Gasteiger partial charge is 0.493 e. The molecular weight excluding hydrogens is 430 g/mol. The van der Waals surface area contributed by atoms with Gasteiger partial charge in [-0.2, -0.15) is 5.10 Å². The van der Waals surface area contributed by atoms with Crippen LogP contribution in [0.5, 0.6) is 17.2 Å². The van der Waals surface area contributed by atoms with Gasteiger partial charge < -0.3 is 19.5 Å². The van der Waals surface area contributed by atoms with Crippen LogP contribution in [-0.2, 0) is 11.3 Å². The summed E-state index contributed by atoms with van der Waals surface area (Å²) in [5.74, 6) is 1.08. The summed E-state index contributed by atoms with van der Waals surface area (Å²) < 4.78 is 17.8. The van der Waals surface area contributed by atoms with Gasteiger partial charge in [-0.3, -0.25) is 9.48 Å². The van der Waals surface area contributed by atoms with Crippen molar-refractivity contribution in [2.24, 2.45) is 0 Å². The molecule has 0 bridgehead atoms. The van der Waals surface area contributed by atoms with Crippen molar-refractivity contribution in [2.45, 2.75) is 20.4 Å². The lowest BCUT2D eigenvalue weighted by molar-refractivity contribution is -0.111. The molecule has 0 unspecified atom stereocenters. The van der Waals surface area contributed by atoms with Crippen LogP contribution in [0.15, 0.2) is 42.5 Å². The van der Waals surface area contributed by atoms with Gasteiger partial charge in [0.1, 0.15) is 0 Å². The highest BCUT2D eigenvalue weighted by atomic mass is 35.5. The van der Waals surface area contributed by atoms with Crippen LogP contribution in [0.3, 0.4) is 0 Å². The molecule has 7 nitrogen and oxygen atoms in total. The first-order valence-corrected chi connectivity index (χ1v) is 10.3. The molecule has 8 heteroatoms. The quantitative estimate of drug-likeness (QED) is 0.490. The van der Waals surface area contributed by atoms with E-state index in [-0.39, 0.29) is 5.91 Å². The van der Waals surface area contributed by atoms with Crippen molar-refractivity contribution in [3.05, 3.63) is 70.0 Å². The number of rotatable bonds is 8. The number of methoxy groups -OCH3 is 3. The minimum atomic E-state index is -0.295. The molecule has 0 atom stereocenters. The van der Waals surface area contributed by atoms with Crippen LogP contribution in [0.2, 0.25) is 5.02 Å². The van der Waals surface area contributed by atoms with E-state index < -0.39 is 0 Å². The molecule has 168 valence electrons. The summed E-state index contributed by atoms with van der Waals surface area (Å²) in [5, 5.41) is 8.12. The third-order valence-electron chi connectivity index (χ3n) is 5.05. The van der Waals surface area contributed by atoms with E-state index in [1.807, 2.05) is 42.8 Å². The Morgan fingerprint density at radius 1 is 1.09 bits per heavy atom. The zero-order chi connectivity index (χ0) is 23.3. The molecule has 0 saturated heterocycles. The lowest BCUT2D eigenvalue weighted by Crippen LogP contribution is -2.08. The number of ether oxygens (including phenoxy) is 3. The van der Waals surface area contributed by atoms with E-state index in [1.165, 1.54) is 27.4 Å². The van der Waals surface area contributed by atoms with Crippen LogP contribution < -0.4 is 19.5 Å². The van der Waals surface area contributed by atoms with E-state index in [0.29, 0.717) is 34.5 Å². The van der Waals surface area contributed by atoms with E-state index >= 15 is 0 Å². The maximum atomic E-state index is 12.5. The van der Waals surface area contributed by atoms with Crippen molar-refractivity contribution in [3.63, 3.8) is 0 Å². The second-order valence-electron chi connectivity index (χ2n) is 7.07. The van der Waals surface area contributed by atoms with Gasteiger partial charge in [-0.15, -0.1) is 0 Å². The summed E-state index contributed by atoms with van der Waals surface area (Å²) in [7, 11) is 4.57. The van der Waals surface area contributed by atoms with Gasteiger partial charge in [-0.25, -0.2) is 0 Å².